The summed E-state index contributed by atoms with van der Waals surface area (Å²) in [6, 6.07) is 0. The molecule has 0 fully saturated rings. The van der Waals surface area contributed by atoms with Crippen LogP contribution in [0.15, 0.2) is 0 Å². The molecule has 2 rings (SSSR count). The van der Waals surface area contributed by atoms with Crippen molar-refractivity contribution < 1.29 is 9.53 Å². The first kappa shape index (κ1) is 10.6. The monoisotopic (exact) mass is 225 g/mol. The first-order valence-corrected chi connectivity index (χ1v) is 6.18. The summed E-state index contributed by atoms with van der Waals surface area (Å²) < 4.78 is 4.94. The molecule has 0 aromatic carbocycles. The predicted molar refractivity (Wildman–Crippen MR) is 59.3 cm³/mol. The Morgan fingerprint density at radius 1 is 1.67 bits per heavy atom. The molecule has 0 saturated carbocycles. The highest BCUT2D eigenvalue weighted by molar-refractivity contribution is 7.13. The van der Waals surface area contributed by atoms with Gasteiger partial charge in [-0.05, 0) is 32.1 Å². The van der Waals surface area contributed by atoms with Gasteiger partial charge in [-0.15, -0.1) is 11.3 Å². The van der Waals surface area contributed by atoms with Gasteiger partial charge < -0.3 is 4.74 Å². The standard InChI is InChI=1S/C11H15NO2S/c1-3-14-11(13)10-12-8-5-4-7(2)6-9(8)15-10/h7H,3-6H2,1-2H3. The van der Waals surface area contributed by atoms with Gasteiger partial charge in [0.2, 0.25) is 5.01 Å². The van der Waals surface area contributed by atoms with Gasteiger partial charge >= 0.3 is 5.97 Å². The summed E-state index contributed by atoms with van der Waals surface area (Å²) in [4.78, 5) is 17.1. The smallest absolute Gasteiger partial charge is 0.367 e. The van der Waals surface area contributed by atoms with E-state index in [4.69, 9.17) is 4.74 Å². The number of aryl methyl sites for hydroxylation is 1. The van der Waals surface area contributed by atoms with Gasteiger partial charge in [-0.3, -0.25) is 0 Å². The molecule has 4 heteroatoms. The first-order valence-electron chi connectivity index (χ1n) is 5.36. The van der Waals surface area contributed by atoms with Gasteiger partial charge in [0.25, 0.3) is 0 Å². The average Bonchev–Trinajstić information content (AvgIpc) is 2.60. The zero-order valence-corrected chi connectivity index (χ0v) is 9.89. The molecule has 1 aliphatic carbocycles. The van der Waals surface area contributed by atoms with Gasteiger partial charge in [0.05, 0.1) is 12.3 Å². The van der Waals surface area contributed by atoms with Crippen LogP contribution < -0.4 is 0 Å². The number of aromatic nitrogens is 1. The molecule has 1 heterocycles. The van der Waals surface area contributed by atoms with E-state index in [-0.39, 0.29) is 5.97 Å². The van der Waals surface area contributed by atoms with Crippen LogP contribution >= 0.6 is 11.3 Å². The molecule has 1 aromatic rings. The maximum absolute atomic E-state index is 11.5. The summed E-state index contributed by atoms with van der Waals surface area (Å²) in [6.07, 6.45) is 3.25. The van der Waals surface area contributed by atoms with Crippen LogP contribution in [0.5, 0.6) is 0 Å². The summed E-state index contributed by atoms with van der Waals surface area (Å²) in [7, 11) is 0. The number of rotatable bonds is 2. The van der Waals surface area contributed by atoms with Crippen LogP contribution in [0.2, 0.25) is 0 Å². The van der Waals surface area contributed by atoms with E-state index >= 15 is 0 Å². The molecule has 1 atom stereocenters. The van der Waals surface area contributed by atoms with Crippen LogP contribution in [-0.4, -0.2) is 17.6 Å². The van der Waals surface area contributed by atoms with Gasteiger partial charge in [0.15, 0.2) is 0 Å². The molecular weight excluding hydrogens is 210 g/mol. The molecular formula is C11H15NO2S. The molecule has 0 spiro atoms. The third-order valence-electron chi connectivity index (χ3n) is 2.64. The fourth-order valence-electron chi connectivity index (χ4n) is 1.82. The fourth-order valence-corrected chi connectivity index (χ4v) is 2.98. The highest BCUT2D eigenvalue weighted by atomic mass is 32.1. The third kappa shape index (κ3) is 2.20. The number of hydrogen-bond donors (Lipinski definition) is 0. The van der Waals surface area contributed by atoms with Crippen LogP contribution in [-0.2, 0) is 17.6 Å². The Balaban J connectivity index is 2.19. The largest absolute Gasteiger partial charge is 0.461 e. The van der Waals surface area contributed by atoms with Crippen molar-refractivity contribution in [3.05, 3.63) is 15.6 Å². The Bertz CT molecular complexity index is 373. The molecule has 0 saturated heterocycles. The Labute approximate surface area is 93.5 Å². The van der Waals surface area contributed by atoms with Crippen molar-refractivity contribution in [3.63, 3.8) is 0 Å². The molecule has 0 radical (unpaired) electrons. The second-order valence-electron chi connectivity index (χ2n) is 3.96. The van der Waals surface area contributed by atoms with E-state index in [1.54, 1.807) is 0 Å². The van der Waals surface area contributed by atoms with Crippen molar-refractivity contribution in [1.29, 1.82) is 0 Å². The van der Waals surface area contributed by atoms with Crippen LogP contribution in [0, 0.1) is 5.92 Å². The minimum Gasteiger partial charge on any atom is -0.461 e. The zero-order valence-electron chi connectivity index (χ0n) is 9.08. The van der Waals surface area contributed by atoms with Crippen molar-refractivity contribution in [1.82, 2.24) is 4.98 Å². The lowest BCUT2D eigenvalue weighted by molar-refractivity contribution is 0.0525. The molecule has 0 N–H and O–H groups in total. The summed E-state index contributed by atoms with van der Waals surface area (Å²) in [5.41, 5.74) is 1.11. The van der Waals surface area contributed by atoms with E-state index in [0.29, 0.717) is 17.5 Å². The summed E-state index contributed by atoms with van der Waals surface area (Å²) in [5, 5.41) is 0.524. The minimum atomic E-state index is -0.274. The SMILES string of the molecule is CCOC(=O)c1nc2c(s1)CC(C)CC2. The lowest BCUT2D eigenvalue weighted by atomic mass is 9.93. The summed E-state index contributed by atoms with van der Waals surface area (Å²) >= 11 is 1.50. The van der Waals surface area contributed by atoms with Crippen LogP contribution in [0.1, 0.15) is 40.6 Å². The van der Waals surface area contributed by atoms with Gasteiger partial charge in [0.1, 0.15) is 0 Å². The highest BCUT2D eigenvalue weighted by Gasteiger charge is 2.22. The maximum atomic E-state index is 11.5. The average molecular weight is 225 g/mol. The topological polar surface area (TPSA) is 39.2 Å². The minimum absolute atomic E-state index is 0.274. The van der Waals surface area contributed by atoms with Crippen molar-refractivity contribution >= 4 is 17.3 Å². The molecule has 15 heavy (non-hydrogen) atoms. The number of thiazole rings is 1. The predicted octanol–water partition coefficient (Wildman–Crippen LogP) is 2.44. The number of carbonyl (C=O) groups is 1. The van der Waals surface area contributed by atoms with E-state index < -0.39 is 0 Å². The zero-order chi connectivity index (χ0) is 10.8. The number of hydrogen-bond acceptors (Lipinski definition) is 4. The molecule has 0 bridgehead atoms. The molecule has 1 unspecified atom stereocenters. The van der Waals surface area contributed by atoms with Crippen molar-refractivity contribution in [2.75, 3.05) is 6.61 Å². The summed E-state index contributed by atoms with van der Waals surface area (Å²) in [5.74, 6) is 0.442. The first-order chi connectivity index (χ1) is 7.20. The highest BCUT2D eigenvalue weighted by Crippen LogP contribution is 2.29. The van der Waals surface area contributed by atoms with Crippen molar-refractivity contribution in [2.24, 2.45) is 5.92 Å². The molecule has 0 amide bonds. The number of esters is 1. The molecule has 3 nitrogen and oxygen atoms in total. The second-order valence-corrected chi connectivity index (χ2v) is 5.04. The van der Waals surface area contributed by atoms with Crippen molar-refractivity contribution in [3.8, 4) is 0 Å². The van der Waals surface area contributed by atoms with E-state index in [2.05, 4.69) is 11.9 Å². The van der Waals surface area contributed by atoms with Gasteiger partial charge in [0, 0.05) is 4.88 Å². The van der Waals surface area contributed by atoms with E-state index in [1.807, 2.05) is 6.92 Å². The fraction of sp³-hybridized carbons (Fsp3) is 0.636. The van der Waals surface area contributed by atoms with Crippen LogP contribution in [0.25, 0.3) is 0 Å². The maximum Gasteiger partial charge on any atom is 0.367 e. The third-order valence-corrected chi connectivity index (χ3v) is 3.74. The van der Waals surface area contributed by atoms with Gasteiger partial charge in [-0.25, -0.2) is 9.78 Å². The number of nitrogens with zero attached hydrogens (tertiary/aromatic N) is 1. The quantitative estimate of drug-likeness (QED) is 0.726. The van der Waals surface area contributed by atoms with Gasteiger partial charge in [-0.1, -0.05) is 6.92 Å². The molecule has 0 aliphatic heterocycles. The Morgan fingerprint density at radius 3 is 3.20 bits per heavy atom. The molecule has 1 aliphatic rings. The number of fused-ring (bicyclic) bond motifs is 1. The number of carbonyl (C=O) groups excluding carboxylic acids is 1. The summed E-state index contributed by atoms with van der Waals surface area (Å²) in [6.45, 7) is 4.47. The lowest BCUT2D eigenvalue weighted by Crippen LogP contribution is -2.09. The Hall–Kier alpha value is -0.900. The van der Waals surface area contributed by atoms with Crippen LogP contribution in [0.4, 0.5) is 0 Å². The Morgan fingerprint density at radius 2 is 2.47 bits per heavy atom. The normalized spacial score (nSPS) is 19.7. The Kier molecular flexibility index (Phi) is 3.05. The van der Waals surface area contributed by atoms with Crippen molar-refractivity contribution in [2.45, 2.75) is 33.1 Å². The van der Waals surface area contributed by atoms with Gasteiger partial charge in [-0.2, -0.15) is 0 Å². The van der Waals surface area contributed by atoms with E-state index in [1.165, 1.54) is 22.6 Å². The molecule has 1 aromatic heterocycles. The molecule has 82 valence electrons. The number of ether oxygens (including phenoxy) is 1. The lowest BCUT2D eigenvalue weighted by Gasteiger charge is -2.15. The van der Waals surface area contributed by atoms with E-state index in [0.717, 1.165) is 18.5 Å². The second kappa shape index (κ2) is 4.31. The van der Waals surface area contributed by atoms with E-state index in [9.17, 15) is 4.79 Å². The van der Waals surface area contributed by atoms with Crippen LogP contribution in [0.3, 0.4) is 0 Å².